The first-order chi connectivity index (χ1) is 11.1. The molecule has 1 heterocycles. The van der Waals surface area contributed by atoms with Crippen molar-refractivity contribution in [1.29, 1.82) is 0 Å². The summed E-state index contributed by atoms with van der Waals surface area (Å²) in [4.78, 5) is 10.9. The number of aryl methyl sites for hydroxylation is 1. The number of ether oxygens (including phenoxy) is 1. The Balaban J connectivity index is 2.04. The van der Waals surface area contributed by atoms with Crippen molar-refractivity contribution in [3.63, 3.8) is 0 Å². The number of hydrogen-bond donors (Lipinski definition) is 0. The zero-order valence-electron chi connectivity index (χ0n) is 12.8. The quantitative estimate of drug-likeness (QED) is 0.454. The van der Waals surface area contributed by atoms with Gasteiger partial charge in [0.25, 0.3) is 5.69 Å². The van der Waals surface area contributed by atoms with E-state index in [0.717, 1.165) is 22.4 Å². The molecule has 23 heavy (non-hydrogen) atoms. The van der Waals surface area contributed by atoms with Gasteiger partial charge in [0.1, 0.15) is 11.5 Å². The highest BCUT2D eigenvalue weighted by Gasteiger charge is 2.19. The summed E-state index contributed by atoms with van der Waals surface area (Å²) in [6.07, 6.45) is 0. The molecule has 0 aliphatic rings. The maximum absolute atomic E-state index is 11.3. The summed E-state index contributed by atoms with van der Waals surface area (Å²) in [7, 11) is 0. The highest BCUT2D eigenvalue weighted by molar-refractivity contribution is 7.08. The number of nitro benzene ring substituents is 1. The lowest BCUT2D eigenvalue weighted by Gasteiger charge is -2.11. The molecule has 0 saturated heterocycles. The molecule has 0 aliphatic carbocycles. The van der Waals surface area contributed by atoms with Crippen molar-refractivity contribution >= 4 is 17.0 Å². The second kappa shape index (κ2) is 6.22. The fourth-order valence-corrected chi connectivity index (χ4v) is 3.12. The van der Waals surface area contributed by atoms with Gasteiger partial charge in [0, 0.05) is 22.4 Å². The molecule has 0 amide bonds. The summed E-state index contributed by atoms with van der Waals surface area (Å²) >= 11 is 1.46. The number of thiophene rings is 1. The van der Waals surface area contributed by atoms with Crippen molar-refractivity contribution in [2.75, 3.05) is 0 Å². The van der Waals surface area contributed by atoms with Gasteiger partial charge in [-0.3, -0.25) is 10.1 Å². The minimum absolute atomic E-state index is 0.0803. The Bertz CT molecular complexity index is 870. The molecule has 0 radical (unpaired) electrons. The average Bonchev–Trinajstić information content (AvgIpc) is 3.00. The van der Waals surface area contributed by atoms with E-state index in [1.54, 1.807) is 18.2 Å². The van der Waals surface area contributed by atoms with Crippen LogP contribution in [0.3, 0.4) is 0 Å². The van der Waals surface area contributed by atoms with Gasteiger partial charge in [-0.05, 0) is 37.1 Å². The van der Waals surface area contributed by atoms with Gasteiger partial charge < -0.3 is 4.74 Å². The maximum atomic E-state index is 11.3. The Morgan fingerprint density at radius 2 is 1.74 bits per heavy atom. The van der Waals surface area contributed by atoms with Gasteiger partial charge in [-0.15, -0.1) is 11.3 Å². The molecule has 1 aromatic heterocycles. The van der Waals surface area contributed by atoms with Crippen LogP contribution >= 0.6 is 11.3 Å². The summed E-state index contributed by atoms with van der Waals surface area (Å²) in [6.45, 7) is 4.03. The molecule has 0 fully saturated rings. The second-order valence-electron chi connectivity index (χ2n) is 5.22. The number of benzene rings is 2. The number of hydrogen-bond acceptors (Lipinski definition) is 4. The number of rotatable bonds is 4. The predicted molar refractivity (Wildman–Crippen MR) is 92.4 cm³/mol. The molecule has 0 aliphatic heterocycles. The van der Waals surface area contributed by atoms with E-state index in [2.05, 4.69) is 0 Å². The minimum atomic E-state index is -0.366. The first-order valence-corrected chi connectivity index (χ1v) is 8.06. The van der Waals surface area contributed by atoms with Crippen molar-refractivity contribution in [3.8, 4) is 22.6 Å². The molecule has 0 unspecified atom stereocenters. The molecule has 0 spiro atoms. The van der Waals surface area contributed by atoms with E-state index >= 15 is 0 Å². The van der Waals surface area contributed by atoms with Gasteiger partial charge in [0.15, 0.2) is 0 Å². The van der Waals surface area contributed by atoms with E-state index in [1.807, 2.05) is 42.8 Å². The molecule has 2 aromatic carbocycles. The first kappa shape index (κ1) is 15.2. The standard InChI is InChI=1S/C18H15NO3S/c1-12-6-5-9-17(13(12)2)22-18-11-23-10-15(18)14-7-3-4-8-16(14)19(20)21/h3-11H,1-2H3. The molecular formula is C18H15NO3S. The van der Waals surface area contributed by atoms with E-state index in [1.165, 1.54) is 17.4 Å². The molecule has 5 heteroatoms. The van der Waals surface area contributed by atoms with Crippen LogP contribution in [0, 0.1) is 24.0 Å². The lowest BCUT2D eigenvalue weighted by atomic mass is 10.1. The zero-order chi connectivity index (χ0) is 16.4. The molecule has 116 valence electrons. The Morgan fingerprint density at radius 3 is 2.52 bits per heavy atom. The van der Waals surface area contributed by atoms with Gasteiger partial charge in [-0.2, -0.15) is 0 Å². The predicted octanol–water partition coefficient (Wildman–Crippen LogP) is 5.73. The highest BCUT2D eigenvalue weighted by atomic mass is 32.1. The van der Waals surface area contributed by atoms with E-state index in [9.17, 15) is 10.1 Å². The van der Waals surface area contributed by atoms with Crippen LogP contribution in [0.2, 0.25) is 0 Å². The van der Waals surface area contributed by atoms with E-state index < -0.39 is 0 Å². The molecular weight excluding hydrogens is 310 g/mol. The van der Waals surface area contributed by atoms with Crippen LogP contribution in [0.1, 0.15) is 11.1 Å². The lowest BCUT2D eigenvalue weighted by Crippen LogP contribution is -1.93. The van der Waals surface area contributed by atoms with Crippen LogP contribution in [0.25, 0.3) is 11.1 Å². The Hall–Kier alpha value is -2.66. The highest BCUT2D eigenvalue weighted by Crippen LogP contribution is 2.41. The Morgan fingerprint density at radius 1 is 0.957 bits per heavy atom. The molecule has 0 atom stereocenters. The van der Waals surface area contributed by atoms with Crippen LogP contribution in [0.5, 0.6) is 11.5 Å². The van der Waals surface area contributed by atoms with Crippen LogP contribution in [-0.2, 0) is 0 Å². The number of para-hydroxylation sites is 1. The lowest BCUT2D eigenvalue weighted by molar-refractivity contribution is -0.384. The van der Waals surface area contributed by atoms with Crippen molar-refractivity contribution < 1.29 is 9.66 Å². The SMILES string of the molecule is Cc1cccc(Oc2cscc2-c2ccccc2[N+](=O)[O-])c1C. The van der Waals surface area contributed by atoms with Crippen LogP contribution < -0.4 is 4.74 Å². The molecule has 3 rings (SSSR count). The van der Waals surface area contributed by atoms with Crippen LogP contribution in [-0.4, -0.2) is 4.92 Å². The third-order valence-corrected chi connectivity index (χ3v) is 4.51. The molecule has 0 bridgehead atoms. The summed E-state index contributed by atoms with van der Waals surface area (Å²) in [6, 6.07) is 12.6. The van der Waals surface area contributed by atoms with Crippen molar-refractivity contribution in [3.05, 3.63) is 74.5 Å². The normalized spacial score (nSPS) is 10.5. The van der Waals surface area contributed by atoms with E-state index in [0.29, 0.717) is 11.3 Å². The first-order valence-electron chi connectivity index (χ1n) is 7.12. The van der Waals surface area contributed by atoms with Gasteiger partial charge in [-0.1, -0.05) is 24.3 Å². The second-order valence-corrected chi connectivity index (χ2v) is 5.97. The third-order valence-electron chi connectivity index (χ3n) is 3.79. The van der Waals surface area contributed by atoms with Gasteiger partial charge in [0.2, 0.25) is 0 Å². The number of nitro groups is 1. The molecule has 0 N–H and O–H groups in total. The van der Waals surface area contributed by atoms with Gasteiger partial charge in [0.05, 0.1) is 10.5 Å². The van der Waals surface area contributed by atoms with E-state index in [-0.39, 0.29) is 10.6 Å². The smallest absolute Gasteiger partial charge is 0.277 e. The Kier molecular flexibility index (Phi) is 4.12. The molecule has 4 nitrogen and oxygen atoms in total. The largest absolute Gasteiger partial charge is 0.456 e. The van der Waals surface area contributed by atoms with Crippen molar-refractivity contribution in [1.82, 2.24) is 0 Å². The maximum Gasteiger partial charge on any atom is 0.277 e. The number of nitrogens with zero attached hydrogens (tertiary/aromatic N) is 1. The topological polar surface area (TPSA) is 52.4 Å². The summed E-state index contributed by atoms with van der Waals surface area (Å²) in [5.74, 6) is 1.40. The average molecular weight is 325 g/mol. The van der Waals surface area contributed by atoms with Gasteiger partial charge >= 0.3 is 0 Å². The monoisotopic (exact) mass is 325 g/mol. The van der Waals surface area contributed by atoms with E-state index in [4.69, 9.17) is 4.74 Å². The van der Waals surface area contributed by atoms with Crippen molar-refractivity contribution in [2.24, 2.45) is 0 Å². The minimum Gasteiger partial charge on any atom is -0.456 e. The Labute approximate surface area is 138 Å². The van der Waals surface area contributed by atoms with Crippen LogP contribution in [0.15, 0.2) is 53.2 Å². The molecule has 0 saturated carbocycles. The zero-order valence-corrected chi connectivity index (χ0v) is 13.6. The summed E-state index contributed by atoms with van der Waals surface area (Å²) < 4.78 is 6.04. The molecule has 3 aromatic rings. The van der Waals surface area contributed by atoms with Gasteiger partial charge in [-0.25, -0.2) is 0 Å². The summed E-state index contributed by atoms with van der Waals surface area (Å²) in [5.41, 5.74) is 3.59. The summed E-state index contributed by atoms with van der Waals surface area (Å²) in [5, 5.41) is 15.0. The fourth-order valence-electron chi connectivity index (χ4n) is 2.37. The fraction of sp³-hybridized carbons (Fsp3) is 0.111. The van der Waals surface area contributed by atoms with Crippen LogP contribution in [0.4, 0.5) is 5.69 Å². The third kappa shape index (κ3) is 2.96. The van der Waals surface area contributed by atoms with Crippen molar-refractivity contribution in [2.45, 2.75) is 13.8 Å².